The first-order valence-corrected chi connectivity index (χ1v) is 5.22. The van der Waals surface area contributed by atoms with Gasteiger partial charge in [0.25, 0.3) is 5.91 Å². The normalized spacial score (nSPS) is 10.5. The summed E-state index contributed by atoms with van der Waals surface area (Å²) in [5.74, 6) is -0.447. The fourth-order valence-electron chi connectivity index (χ4n) is 0.686. The second-order valence-electron chi connectivity index (χ2n) is 2.45. The Balaban J connectivity index is 2.70. The average molecular weight is 239 g/mol. The van der Waals surface area contributed by atoms with Crippen molar-refractivity contribution in [2.45, 2.75) is 18.7 Å². The number of hydrogen-bond donors (Lipinski definition) is 1. The van der Waals surface area contributed by atoms with Crippen molar-refractivity contribution in [3.63, 3.8) is 0 Å². The lowest BCUT2D eigenvalue weighted by Crippen LogP contribution is -2.18. The first kappa shape index (κ1) is 10.8. The Labute approximate surface area is 90.1 Å². The number of thiazole rings is 1. The molecule has 0 aliphatic carbocycles. The summed E-state index contributed by atoms with van der Waals surface area (Å²) in [7, 11) is 0. The number of anilines is 1. The van der Waals surface area contributed by atoms with E-state index in [2.05, 4.69) is 10.3 Å². The van der Waals surface area contributed by atoms with Gasteiger partial charge in [-0.1, -0.05) is 23.2 Å². The second kappa shape index (κ2) is 4.26. The summed E-state index contributed by atoms with van der Waals surface area (Å²) in [5, 5.41) is 3.04. The highest BCUT2D eigenvalue weighted by Gasteiger charge is 2.13. The van der Waals surface area contributed by atoms with E-state index in [1.807, 2.05) is 13.8 Å². The van der Waals surface area contributed by atoms with Crippen molar-refractivity contribution in [1.29, 1.82) is 0 Å². The molecule has 0 fully saturated rings. The van der Waals surface area contributed by atoms with Gasteiger partial charge in [-0.05, 0) is 13.8 Å². The van der Waals surface area contributed by atoms with Crippen molar-refractivity contribution < 1.29 is 4.79 Å². The predicted octanol–water partition coefficient (Wildman–Crippen LogP) is 2.50. The number of hydrogen-bond acceptors (Lipinski definition) is 3. The average Bonchev–Trinajstić information content (AvgIpc) is 2.31. The zero-order chi connectivity index (χ0) is 10.0. The van der Waals surface area contributed by atoms with E-state index in [1.165, 1.54) is 11.3 Å². The third-order valence-corrected chi connectivity index (χ3v) is 2.84. The van der Waals surface area contributed by atoms with E-state index < -0.39 is 10.7 Å². The molecule has 1 aromatic rings. The molecule has 1 heterocycles. The number of halogens is 2. The highest BCUT2D eigenvalue weighted by molar-refractivity contribution is 7.15. The molecule has 72 valence electrons. The lowest BCUT2D eigenvalue weighted by atomic mass is 10.4. The number of aryl methyl sites for hydroxylation is 2. The molecule has 0 aromatic carbocycles. The Kier molecular flexibility index (Phi) is 3.53. The fourth-order valence-corrected chi connectivity index (χ4v) is 1.61. The summed E-state index contributed by atoms with van der Waals surface area (Å²) in [6.07, 6.45) is 0. The number of alkyl halides is 2. The SMILES string of the molecule is Cc1nc(NC(=O)C(Cl)Cl)sc1C. The number of nitrogens with one attached hydrogen (secondary N) is 1. The maximum atomic E-state index is 11.0. The van der Waals surface area contributed by atoms with Crippen molar-refractivity contribution >= 4 is 45.6 Å². The highest BCUT2D eigenvalue weighted by atomic mass is 35.5. The van der Waals surface area contributed by atoms with Gasteiger partial charge in [0.15, 0.2) is 9.97 Å². The maximum absolute atomic E-state index is 11.0. The number of nitrogens with zero attached hydrogens (tertiary/aromatic N) is 1. The molecule has 1 amide bonds. The Hall–Kier alpha value is -0.320. The molecule has 0 radical (unpaired) electrons. The molecule has 1 N–H and O–H groups in total. The molecular weight excluding hydrogens is 231 g/mol. The summed E-state index contributed by atoms with van der Waals surface area (Å²) < 4.78 is 0. The smallest absolute Gasteiger partial charge is 0.259 e. The molecule has 0 bridgehead atoms. The minimum atomic E-state index is -1.05. The van der Waals surface area contributed by atoms with Crippen LogP contribution in [0.2, 0.25) is 0 Å². The van der Waals surface area contributed by atoms with E-state index in [0.29, 0.717) is 5.13 Å². The molecule has 3 nitrogen and oxygen atoms in total. The number of rotatable bonds is 2. The first-order chi connectivity index (χ1) is 6.00. The van der Waals surface area contributed by atoms with Crippen molar-refractivity contribution in [3.05, 3.63) is 10.6 Å². The van der Waals surface area contributed by atoms with Crippen LogP contribution in [0.25, 0.3) is 0 Å². The van der Waals surface area contributed by atoms with Gasteiger partial charge in [-0.25, -0.2) is 4.98 Å². The van der Waals surface area contributed by atoms with Crippen LogP contribution < -0.4 is 5.32 Å². The molecule has 0 aliphatic rings. The van der Waals surface area contributed by atoms with Crippen LogP contribution in [0.1, 0.15) is 10.6 Å². The van der Waals surface area contributed by atoms with Gasteiger partial charge < -0.3 is 0 Å². The largest absolute Gasteiger partial charge is 0.300 e. The lowest BCUT2D eigenvalue weighted by molar-refractivity contribution is -0.114. The first-order valence-electron chi connectivity index (χ1n) is 3.53. The molecule has 0 atom stereocenters. The van der Waals surface area contributed by atoms with Crippen molar-refractivity contribution in [2.24, 2.45) is 0 Å². The van der Waals surface area contributed by atoms with Gasteiger partial charge in [0.1, 0.15) is 0 Å². The number of amides is 1. The fraction of sp³-hybridized carbons (Fsp3) is 0.429. The van der Waals surface area contributed by atoms with E-state index in [0.717, 1.165) is 10.6 Å². The zero-order valence-corrected chi connectivity index (χ0v) is 9.43. The molecule has 13 heavy (non-hydrogen) atoms. The van der Waals surface area contributed by atoms with Gasteiger partial charge >= 0.3 is 0 Å². The number of aromatic nitrogens is 1. The van der Waals surface area contributed by atoms with Crippen molar-refractivity contribution in [2.75, 3.05) is 5.32 Å². The Morgan fingerprint density at radius 2 is 2.15 bits per heavy atom. The van der Waals surface area contributed by atoms with E-state index in [9.17, 15) is 4.79 Å². The van der Waals surface area contributed by atoms with E-state index >= 15 is 0 Å². The Bertz CT molecular complexity index is 305. The van der Waals surface area contributed by atoms with Crippen LogP contribution in [-0.4, -0.2) is 15.7 Å². The second-order valence-corrected chi connectivity index (χ2v) is 4.75. The third kappa shape index (κ3) is 2.83. The Morgan fingerprint density at radius 1 is 1.54 bits per heavy atom. The summed E-state index contributed by atoms with van der Waals surface area (Å²) in [5.41, 5.74) is 0.904. The topological polar surface area (TPSA) is 42.0 Å². The van der Waals surface area contributed by atoms with Gasteiger partial charge in [0, 0.05) is 4.88 Å². The number of carbonyl (C=O) groups is 1. The molecule has 6 heteroatoms. The molecule has 0 aliphatic heterocycles. The molecule has 0 saturated heterocycles. The van der Waals surface area contributed by atoms with Gasteiger partial charge in [-0.2, -0.15) is 0 Å². The minimum Gasteiger partial charge on any atom is -0.300 e. The van der Waals surface area contributed by atoms with E-state index in [-0.39, 0.29) is 0 Å². The summed E-state index contributed by atoms with van der Waals surface area (Å²) in [6.45, 7) is 3.81. The van der Waals surface area contributed by atoms with Crippen LogP contribution in [0.5, 0.6) is 0 Å². The van der Waals surface area contributed by atoms with E-state index in [1.54, 1.807) is 0 Å². The van der Waals surface area contributed by atoms with Gasteiger partial charge in [0.2, 0.25) is 0 Å². The molecule has 0 spiro atoms. The molecular formula is C7H8Cl2N2OS. The maximum Gasteiger partial charge on any atom is 0.259 e. The van der Waals surface area contributed by atoms with Crippen LogP contribution in [0.3, 0.4) is 0 Å². The van der Waals surface area contributed by atoms with Crippen LogP contribution in [0.15, 0.2) is 0 Å². The minimum absolute atomic E-state index is 0.447. The zero-order valence-electron chi connectivity index (χ0n) is 7.10. The third-order valence-electron chi connectivity index (χ3n) is 1.46. The monoisotopic (exact) mass is 238 g/mol. The summed E-state index contributed by atoms with van der Waals surface area (Å²) in [4.78, 5) is 15.1. The van der Waals surface area contributed by atoms with Crippen molar-refractivity contribution in [1.82, 2.24) is 4.98 Å². The number of carbonyl (C=O) groups excluding carboxylic acids is 1. The van der Waals surface area contributed by atoms with Crippen LogP contribution in [0.4, 0.5) is 5.13 Å². The lowest BCUT2D eigenvalue weighted by Gasteiger charge is -1.99. The quantitative estimate of drug-likeness (QED) is 0.805. The Morgan fingerprint density at radius 3 is 2.54 bits per heavy atom. The predicted molar refractivity (Wildman–Crippen MR) is 55.7 cm³/mol. The van der Waals surface area contributed by atoms with E-state index in [4.69, 9.17) is 23.2 Å². The van der Waals surface area contributed by atoms with Crippen LogP contribution in [-0.2, 0) is 4.79 Å². The molecule has 0 saturated carbocycles. The molecule has 0 unspecified atom stereocenters. The van der Waals surface area contributed by atoms with Gasteiger partial charge in [0.05, 0.1) is 5.69 Å². The molecule has 1 aromatic heterocycles. The van der Waals surface area contributed by atoms with Crippen LogP contribution >= 0.6 is 34.5 Å². The van der Waals surface area contributed by atoms with Gasteiger partial charge in [-0.3, -0.25) is 10.1 Å². The summed E-state index contributed by atoms with van der Waals surface area (Å²) in [6, 6.07) is 0. The summed E-state index contributed by atoms with van der Waals surface area (Å²) >= 11 is 12.1. The van der Waals surface area contributed by atoms with Gasteiger partial charge in [-0.15, -0.1) is 11.3 Å². The van der Waals surface area contributed by atoms with Crippen molar-refractivity contribution in [3.8, 4) is 0 Å². The highest BCUT2D eigenvalue weighted by Crippen LogP contribution is 2.21. The molecule has 1 rings (SSSR count). The standard InChI is InChI=1S/C7H8Cl2N2OS/c1-3-4(2)13-7(10-3)11-6(12)5(8)9/h5H,1-2H3,(H,10,11,12). The van der Waals surface area contributed by atoms with Crippen LogP contribution in [0, 0.1) is 13.8 Å².